The summed E-state index contributed by atoms with van der Waals surface area (Å²) in [7, 11) is 0. The Kier molecular flexibility index (Phi) is 4.94. The Balaban J connectivity index is 2.40. The summed E-state index contributed by atoms with van der Waals surface area (Å²) in [6.07, 6.45) is 1.35. The van der Waals surface area contributed by atoms with Gasteiger partial charge in [-0.1, -0.05) is 6.92 Å². The molecule has 1 saturated heterocycles. The molecule has 1 fully saturated rings. The molecular weight excluding hydrogens is 238 g/mol. The van der Waals surface area contributed by atoms with Gasteiger partial charge < -0.3 is 21.1 Å². The molecule has 2 atom stereocenters. The number of carboxylic acids is 1. The average molecular weight is 257 g/mol. The Bertz CT molecular complexity index is 345. The molecule has 7 nitrogen and oxygen atoms in total. The van der Waals surface area contributed by atoms with Crippen LogP contribution in [0.1, 0.15) is 26.2 Å². The van der Waals surface area contributed by atoms with Gasteiger partial charge in [-0.2, -0.15) is 0 Å². The van der Waals surface area contributed by atoms with Gasteiger partial charge in [-0.25, -0.2) is 4.79 Å². The van der Waals surface area contributed by atoms with Crippen LogP contribution in [0.3, 0.4) is 0 Å². The molecule has 0 radical (unpaired) electrons. The summed E-state index contributed by atoms with van der Waals surface area (Å²) >= 11 is 0. The van der Waals surface area contributed by atoms with Crippen LogP contribution in [0, 0.1) is 5.92 Å². The van der Waals surface area contributed by atoms with Gasteiger partial charge >= 0.3 is 12.0 Å². The number of nitrogens with two attached hydrogens (primary N) is 1. The minimum absolute atomic E-state index is 0.000468. The standard InChI is InChI=1S/C11H19N3O4/c1-7(5-9(15)16)6-13-11(18)14-4-2-3-8(14)10(12)17/h7-8H,2-6H2,1H3,(H2,12,17)(H,13,18)(H,15,16). The van der Waals surface area contributed by atoms with E-state index in [1.165, 1.54) is 4.90 Å². The number of amides is 3. The molecule has 0 aromatic heterocycles. The van der Waals surface area contributed by atoms with Gasteiger partial charge in [-0.05, 0) is 18.8 Å². The Morgan fingerprint density at radius 2 is 2.17 bits per heavy atom. The molecule has 7 heteroatoms. The summed E-state index contributed by atoms with van der Waals surface area (Å²) < 4.78 is 0. The molecule has 18 heavy (non-hydrogen) atoms. The van der Waals surface area contributed by atoms with Gasteiger partial charge in [0.05, 0.1) is 0 Å². The number of nitrogens with zero attached hydrogens (tertiary/aromatic N) is 1. The molecule has 0 bridgehead atoms. The van der Waals surface area contributed by atoms with Gasteiger partial charge in [-0.3, -0.25) is 9.59 Å². The summed E-state index contributed by atoms with van der Waals surface area (Å²) in [6.45, 7) is 2.52. The Labute approximate surface area is 105 Å². The van der Waals surface area contributed by atoms with Gasteiger partial charge in [-0.15, -0.1) is 0 Å². The molecule has 0 saturated carbocycles. The SMILES string of the molecule is CC(CNC(=O)N1CCCC1C(N)=O)CC(=O)O. The van der Waals surface area contributed by atoms with Crippen molar-refractivity contribution in [3.8, 4) is 0 Å². The predicted octanol–water partition coefficient (Wildman–Crippen LogP) is -0.243. The summed E-state index contributed by atoms with van der Waals surface area (Å²) in [4.78, 5) is 34.8. The van der Waals surface area contributed by atoms with Crippen molar-refractivity contribution in [2.45, 2.75) is 32.2 Å². The highest BCUT2D eigenvalue weighted by atomic mass is 16.4. The number of nitrogens with one attached hydrogen (secondary N) is 1. The van der Waals surface area contributed by atoms with Gasteiger partial charge in [0.25, 0.3) is 0 Å². The van der Waals surface area contributed by atoms with E-state index in [9.17, 15) is 14.4 Å². The third kappa shape index (κ3) is 3.90. The van der Waals surface area contributed by atoms with Crippen LogP contribution in [0.4, 0.5) is 4.79 Å². The maximum absolute atomic E-state index is 11.8. The zero-order valence-electron chi connectivity index (χ0n) is 10.4. The molecule has 102 valence electrons. The van der Waals surface area contributed by atoms with Crippen LogP contribution in [0.15, 0.2) is 0 Å². The second kappa shape index (κ2) is 6.23. The number of hydrogen-bond donors (Lipinski definition) is 3. The lowest BCUT2D eigenvalue weighted by Crippen LogP contribution is -2.48. The minimum atomic E-state index is -0.895. The van der Waals surface area contributed by atoms with Gasteiger partial charge in [0, 0.05) is 19.5 Å². The van der Waals surface area contributed by atoms with Crippen LogP contribution in [-0.4, -0.2) is 47.0 Å². The third-order valence-corrected chi connectivity index (χ3v) is 2.97. The molecule has 0 aromatic carbocycles. The van der Waals surface area contributed by atoms with E-state index >= 15 is 0 Å². The molecule has 0 spiro atoms. The van der Waals surface area contributed by atoms with Crippen LogP contribution in [0.25, 0.3) is 0 Å². The lowest BCUT2D eigenvalue weighted by Gasteiger charge is -2.23. The fourth-order valence-corrected chi connectivity index (χ4v) is 2.04. The summed E-state index contributed by atoms with van der Waals surface area (Å²) in [6, 6.07) is -0.895. The van der Waals surface area contributed by atoms with Crippen LogP contribution in [0.2, 0.25) is 0 Å². The Hall–Kier alpha value is -1.79. The maximum Gasteiger partial charge on any atom is 0.318 e. The third-order valence-electron chi connectivity index (χ3n) is 2.97. The molecular formula is C11H19N3O4. The minimum Gasteiger partial charge on any atom is -0.481 e. The highest BCUT2D eigenvalue weighted by Gasteiger charge is 2.32. The van der Waals surface area contributed by atoms with E-state index in [0.717, 1.165) is 6.42 Å². The van der Waals surface area contributed by atoms with E-state index in [1.54, 1.807) is 6.92 Å². The summed E-state index contributed by atoms with van der Waals surface area (Å²) in [5.41, 5.74) is 5.21. The summed E-state index contributed by atoms with van der Waals surface area (Å²) in [5, 5.41) is 11.2. The van der Waals surface area contributed by atoms with E-state index in [0.29, 0.717) is 13.0 Å². The number of likely N-dealkylation sites (tertiary alicyclic amines) is 1. The first-order valence-electron chi connectivity index (χ1n) is 5.97. The number of carbonyl (C=O) groups is 3. The molecule has 1 rings (SSSR count). The first-order chi connectivity index (χ1) is 8.41. The second-order valence-electron chi connectivity index (χ2n) is 4.64. The first-order valence-corrected chi connectivity index (χ1v) is 5.97. The Morgan fingerprint density at radius 1 is 1.50 bits per heavy atom. The topological polar surface area (TPSA) is 113 Å². The van der Waals surface area contributed by atoms with Crippen LogP contribution in [0.5, 0.6) is 0 Å². The number of urea groups is 1. The van der Waals surface area contributed by atoms with E-state index < -0.39 is 17.9 Å². The fraction of sp³-hybridized carbons (Fsp3) is 0.727. The van der Waals surface area contributed by atoms with E-state index in [4.69, 9.17) is 10.8 Å². The van der Waals surface area contributed by atoms with Crippen molar-refractivity contribution < 1.29 is 19.5 Å². The molecule has 4 N–H and O–H groups in total. The van der Waals surface area contributed by atoms with Crippen molar-refractivity contribution in [1.29, 1.82) is 0 Å². The van der Waals surface area contributed by atoms with Gasteiger partial charge in [0.1, 0.15) is 6.04 Å². The van der Waals surface area contributed by atoms with Crippen molar-refractivity contribution >= 4 is 17.9 Å². The molecule has 2 unspecified atom stereocenters. The van der Waals surface area contributed by atoms with E-state index in [-0.39, 0.29) is 24.9 Å². The number of carbonyl (C=O) groups excluding carboxylic acids is 2. The lowest BCUT2D eigenvalue weighted by atomic mass is 10.1. The second-order valence-corrected chi connectivity index (χ2v) is 4.64. The molecule has 0 aliphatic carbocycles. The average Bonchev–Trinajstić information content (AvgIpc) is 2.73. The normalized spacial score (nSPS) is 20.5. The number of primary amides is 1. The van der Waals surface area contributed by atoms with E-state index in [1.807, 2.05) is 0 Å². The smallest absolute Gasteiger partial charge is 0.318 e. The van der Waals surface area contributed by atoms with Gasteiger partial charge in [0.2, 0.25) is 5.91 Å². The predicted molar refractivity (Wildman–Crippen MR) is 63.7 cm³/mol. The maximum atomic E-state index is 11.8. The molecule has 1 aliphatic rings. The number of hydrogen-bond acceptors (Lipinski definition) is 3. The number of aliphatic carboxylic acids is 1. The monoisotopic (exact) mass is 257 g/mol. The van der Waals surface area contributed by atoms with Crippen molar-refractivity contribution in [2.75, 3.05) is 13.1 Å². The zero-order valence-corrected chi connectivity index (χ0v) is 10.4. The van der Waals surface area contributed by atoms with Gasteiger partial charge in [0.15, 0.2) is 0 Å². The molecule has 1 aliphatic heterocycles. The quantitative estimate of drug-likeness (QED) is 0.630. The van der Waals surface area contributed by atoms with Crippen molar-refractivity contribution in [3.05, 3.63) is 0 Å². The number of rotatable bonds is 5. The summed E-state index contributed by atoms with van der Waals surface area (Å²) in [5.74, 6) is -1.55. The lowest BCUT2D eigenvalue weighted by molar-refractivity contribution is -0.137. The number of carboxylic acid groups (broad SMARTS) is 1. The van der Waals surface area contributed by atoms with E-state index in [2.05, 4.69) is 5.32 Å². The van der Waals surface area contributed by atoms with Crippen LogP contribution >= 0.6 is 0 Å². The van der Waals surface area contributed by atoms with Crippen molar-refractivity contribution in [3.63, 3.8) is 0 Å². The highest BCUT2D eigenvalue weighted by Crippen LogP contribution is 2.16. The van der Waals surface area contributed by atoms with Crippen molar-refractivity contribution in [2.24, 2.45) is 11.7 Å². The fourth-order valence-electron chi connectivity index (χ4n) is 2.04. The zero-order chi connectivity index (χ0) is 13.7. The molecule has 0 aromatic rings. The molecule has 3 amide bonds. The van der Waals surface area contributed by atoms with Crippen LogP contribution in [-0.2, 0) is 9.59 Å². The largest absolute Gasteiger partial charge is 0.481 e. The highest BCUT2D eigenvalue weighted by molar-refractivity contribution is 5.86. The van der Waals surface area contributed by atoms with Crippen LogP contribution < -0.4 is 11.1 Å². The molecule has 1 heterocycles. The Morgan fingerprint density at radius 3 is 2.72 bits per heavy atom. The first kappa shape index (κ1) is 14.3. The van der Waals surface area contributed by atoms with Crippen molar-refractivity contribution in [1.82, 2.24) is 10.2 Å².